The van der Waals surface area contributed by atoms with Crippen LogP contribution in [0.3, 0.4) is 0 Å². The van der Waals surface area contributed by atoms with Crippen LogP contribution in [0.5, 0.6) is 0 Å². The molecule has 1 aliphatic carbocycles. The summed E-state index contributed by atoms with van der Waals surface area (Å²) in [6.07, 6.45) is 18.2. The summed E-state index contributed by atoms with van der Waals surface area (Å²) < 4.78 is 0. The van der Waals surface area contributed by atoms with E-state index in [0.717, 1.165) is 22.7 Å². The number of nitrogens with zero attached hydrogens (tertiary/aromatic N) is 2. The van der Waals surface area contributed by atoms with Crippen LogP contribution in [0.1, 0.15) is 206 Å². The van der Waals surface area contributed by atoms with E-state index < -0.39 is 0 Å². The van der Waals surface area contributed by atoms with Gasteiger partial charge in [0, 0.05) is 28.2 Å². The van der Waals surface area contributed by atoms with Gasteiger partial charge < -0.3 is 9.80 Å². The third-order valence-electron chi connectivity index (χ3n) is 18.2. The van der Waals surface area contributed by atoms with Crippen molar-refractivity contribution in [1.82, 2.24) is 0 Å². The highest BCUT2D eigenvalue weighted by Gasteiger charge is 2.45. The second kappa shape index (κ2) is 24.4. The number of hydrogen-bond donors (Lipinski definition) is 0. The predicted octanol–water partition coefficient (Wildman–Crippen LogP) is 24.0. The Morgan fingerprint density at radius 2 is 0.775 bits per heavy atom. The maximum atomic E-state index is 2.63. The van der Waals surface area contributed by atoms with Gasteiger partial charge in [-0.3, -0.25) is 0 Å². The fourth-order valence-electron chi connectivity index (χ4n) is 13.8. The van der Waals surface area contributed by atoms with Crippen molar-refractivity contribution in [2.45, 2.75) is 210 Å². The first-order chi connectivity index (χ1) is 38.3. The third kappa shape index (κ3) is 11.8. The molecule has 0 aliphatic heterocycles. The van der Waals surface area contributed by atoms with Gasteiger partial charge in [0.05, 0.1) is 11.4 Å². The highest BCUT2D eigenvalue weighted by molar-refractivity contribution is 6.05. The molecule has 0 aromatic heterocycles. The van der Waals surface area contributed by atoms with Crippen molar-refractivity contribution < 1.29 is 0 Å². The Morgan fingerprint density at radius 1 is 0.388 bits per heavy atom. The Labute approximate surface area is 485 Å². The number of hydrogen-bond acceptors (Lipinski definition) is 2. The molecule has 0 unspecified atom stereocenters. The maximum absolute atomic E-state index is 2.63. The highest BCUT2D eigenvalue weighted by atomic mass is 15.2. The van der Waals surface area contributed by atoms with Crippen molar-refractivity contribution in [1.29, 1.82) is 0 Å². The van der Waals surface area contributed by atoms with Gasteiger partial charge in [-0.05, 0) is 209 Å². The fourth-order valence-corrected chi connectivity index (χ4v) is 13.8. The summed E-state index contributed by atoms with van der Waals surface area (Å²) in [6, 6.07) is 54.5. The van der Waals surface area contributed by atoms with E-state index >= 15 is 0 Å². The van der Waals surface area contributed by atoms with E-state index in [0.29, 0.717) is 0 Å². The molecule has 80 heavy (non-hydrogen) atoms. The Morgan fingerprint density at radius 3 is 1.21 bits per heavy atom. The lowest BCUT2D eigenvalue weighted by Gasteiger charge is -2.35. The number of fused-ring (bicyclic) bond motifs is 5. The molecule has 0 atom stereocenters. The molecule has 0 saturated heterocycles. The van der Waals surface area contributed by atoms with Crippen LogP contribution in [0.4, 0.5) is 34.1 Å². The van der Waals surface area contributed by atoms with Crippen molar-refractivity contribution >= 4 is 44.9 Å². The van der Waals surface area contributed by atoms with Gasteiger partial charge in [0.15, 0.2) is 0 Å². The van der Waals surface area contributed by atoms with Crippen LogP contribution in [-0.4, -0.2) is 0 Å². The molecule has 0 N–H and O–H groups in total. The molecule has 0 spiro atoms. The maximum Gasteiger partial charge on any atom is 0.0520 e. The third-order valence-corrected chi connectivity index (χ3v) is 18.2. The van der Waals surface area contributed by atoms with Crippen molar-refractivity contribution in [2.75, 3.05) is 9.80 Å². The van der Waals surface area contributed by atoms with Crippen LogP contribution in [-0.2, 0) is 16.2 Å². The molecule has 8 aromatic rings. The lowest BCUT2D eigenvalue weighted by atomic mass is 9.68. The van der Waals surface area contributed by atoms with E-state index in [-0.39, 0.29) is 16.2 Å². The van der Waals surface area contributed by atoms with Gasteiger partial charge in [-0.25, -0.2) is 0 Å². The average molecular weight is 1060 g/mol. The molecule has 9 rings (SSSR count). The largest absolute Gasteiger partial charge is 0.310 e. The summed E-state index contributed by atoms with van der Waals surface area (Å²) in [4.78, 5) is 4.98. The normalized spacial score (nSPS) is 13.0. The summed E-state index contributed by atoms with van der Waals surface area (Å²) in [7, 11) is 0. The van der Waals surface area contributed by atoms with E-state index in [2.05, 4.69) is 253 Å². The summed E-state index contributed by atoms with van der Waals surface area (Å²) >= 11 is 0. The van der Waals surface area contributed by atoms with Crippen LogP contribution >= 0.6 is 0 Å². The second-order valence-corrected chi connectivity index (χ2v) is 26.4. The van der Waals surface area contributed by atoms with Crippen LogP contribution < -0.4 is 9.80 Å². The smallest absolute Gasteiger partial charge is 0.0520 e. The Hall–Kier alpha value is -6.38. The lowest BCUT2D eigenvalue weighted by Crippen LogP contribution is -2.27. The second-order valence-electron chi connectivity index (χ2n) is 26.4. The number of aryl methyl sites for hydroxylation is 6. The molecule has 0 bridgehead atoms. The van der Waals surface area contributed by atoms with Gasteiger partial charge in [0.2, 0.25) is 0 Å². The standard InChI is InChI=1S/C78H96N2/c1-16-18-20-22-24-28-46-78(47-29-25-23-21-19-17-2)71-52-54(4)67-30-26-27-31-69(67)72(71)70-45-44-68(59(9)73(70)78)60-34-38-64(39-35-60)80(75-57(7)50-62(51-58(75)8)77(13,14)15)66-42-40-65(41-43-66)79(63-36-32-53(3)33-37-63)74-55(5)48-61(49-56(74)6)76(10,11)12/h26-27,30-45,48-52H,16-25,28-29,46-47H2,1-15H3. The molecule has 2 nitrogen and oxygen atoms in total. The Bertz CT molecular complexity index is 3360. The SMILES string of the molecule is CCCCCCCCC1(CCCCCCCC)c2cc(C)c3ccccc3c2-c2ccc(-c3ccc(N(c4ccc(N(c5ccc(C)cc5)c5c(C)cc(C(C)(C)C)cc5C)cc4)c4c(C)cc(C(C)(C)C)cc4C)cc3)c(C)c21. The van der Waals surface area contributed by atoms with Gasteiger partial charge >= 0.3 is 0 Å². The summed E-state index contributed by atoms with van der Waals surface area (Å²) in [5.41, 5.74) is 27.9. The van der Waals surface area contributed by atoms with Gasteiger partial charge in [-0.15, -0.1) is 0 Å². The molecule has 0 saturated carbocycles. The minimum Gasteiger partial charge on any atom is -0.310 e. The fraction of sp³-hybridized carbons (Fsp3) is 0.410. The number of benzene rings is 8. The molecule has 2 heteroatoms. The van der Waals surface area contributed by atoms with Crippen molar-refractivity contribution in [2.24, 2.45) is 0 Å². The zero-order valence-corrected chi connectivity index (χ0v) is 52.1. The average Bonchev–Trinajstić information content (AvgIpc) is 3.98. The van der Waals surface area contributed by atoms with E-state index in [9.17, 15) is 0 Å². The summed E-state index contributed by atoms with van der Waals surface area (Å²) in [5, 5.41) is 2.81. The van der Waals surface area contributed by atoms with Crippen LogP contribution in [0.2, 0.25) is 0 Å². The number of anilines is 6. The predicted molar refractivity (Wildman–Crippen MR) is 352 cm³/mol. The Balaban J connectivity index is 1.16. The number of rotatable bonds is 21. The minimum absolute atomic E-state index is 0.0193. The number of unbranched alkanes of at least 4 members (excludes halogenated alkanes) is 10. The Kier molecular flexibility index (Phi) is 17.8. The van der Waals surface area contributed by atoms with Crippen molar-refractivity contribution in [3.8, 4) is 22.3 Å². The summed E-state index contributed by atoms with van der Waals surface area (Å²) in [5.74, 6) is 0. The minimum atomic E-state index is -0.0193. The van der Waals surface area contributed by atoms with Crippen LogP contribution in [0.25, 0.3) is 33.0 Å². The van der Waals surface area contributed by atoms with E-state index in [1.54, 1.807) is 11.1 Å². The lowest BCUT2D eigenvalue weighted by molar-refractivity contribution is 0.396. The molecule has 0 radical (unpaired) electrons. The van der Waals surface area contributed by atoms with Crippen molar-refractivity contribution in [3.05, 3.63) is 201 Å². The van der Waals surface area contributed by atoms with Gasteiger partial charge in [0.1, 0.15) is 0 Å². The molecule has 418 valence electrons. The molecular weight excluding hydrogens is 965 g/mol. The first-order valence-electron chi connectivity index (χ1n) is 31.1. The molecule has 0 heterocycles. The monoisotopic (exact) mass is 1060 g/mol. The topological polar surface area (TPSA) is 6.48 Å². The van der Waals surface area contributed by atoms with E-state index in [4.69, 9.17) is 0 Å². The van der Waals surface area contributed by atoms with Crippen LogP contribution in [0, 0.1) is 48.5 Å². The van der Waals surface area contributed by atoms with Crippen molar-refractivity contribution in [3.63, 3.8) is 0 Å². The zero-order valence-electron chi connectivity index (χ0n) is 52.1. The van der Waals surface area contributed by atoms with E-state index in [1.807, 2.05) is 0 Å². The molecule has 0 fully saturated rings. The molecule has 8 aromatic carbocycles. The molecule has 1 aliphatic rings. The first-order valence-corrected chi connectivity index (χ1v) is 31.1. The first kappa shape index (κ1) is 58.3. The van der Waals surface area contributed by atoms with E-state index in [1.165, 1.54) is 184 Å². The van der Waals surface area contributed by atoms with Crippen LogP contribution in [0.15, 0.2) is 140 Å². The highest BCUT2D eigenvalue weighted by Crippen LogP contribution is 2.59. The van der Waals surface area contributed by atoms with Gasteiger partial charge in [0.25, 0.3) is 0 Å². The summed E-state index contributed by atoms with van der Waals surface area (Å²) in [6.45, 7) is 34.7. The van der Waals surface area contributed by atoms with Gasteiger partial charge in [-0.2, -0.15) is 0 Å². The molecular formula is C78H96N2. The molecule has 0 amide bonds. The quantitative estimate of drug-likeness (QED) is 0.0662. The zero-order chi connectivity index (χ0) is 57.1. The van der Waals surface area contributed by atoms with Gasteiger partial charge in [-0.1, -0.05) is 229 Å².